The standard InChI is InChI=1S/C23H30F3N5O2/c1-23(2,14-30-7-9-33-10-8-30)28-22(32)20-19-13-29(3)5-4-6-31(19)21(27-20)15-11-17(25)18(26)12-16(15)24/h11-12H,4-10,13-14H2,1-3H3,(H,28,32). The molecule has 2 aliphatic rings. The molecule has 0 unspecified atom stereocenters. The Morgan fingerprint density at radius 3 is 2.52 bits per heavy atom. The molecule has 180 valence electrons. The quantitative estimate of drug-likeness (QED) is 0.688. The summed E-state index contributed by atoms with van der Waals surface area (Å²) < 4.78 is 49.2. The summed E-state index contributed by atoms with van der Waals surface area (Å²) in [5, 5.41) is 3.06. The van der Waals surface area contributed by atoms with Crippen LogP contribution in [0.4, 0.5) is 13.2 Å². The van der Waals surface area contributed by atoms with E-state index in [0.29, 0.717) is 44.6 Å². The number of halogens is 3. The number of amides is 1. The van der Waals surface area contributed by atoms with Crippen molar-refractivity contribution < 1.29 is 22.7 Å². The molecule has 0 spiro atoms. The number of carbonyl (C=O) groups excluding carboxylic acids is 1. The zero-order chi connectivity index (χ0) is 23.8. The van der Waals surface area contributed by atoms with Crippen molar-refractivity contribution in [1.29, 1.82) is 0 Å². The van der Waals surface area contributed by atoms with E-state index in [1.54, 1.807) is 4.57 Å². The predicted octanol–water partition coefficient (Wildman–Crippen LogP) is 2.64. The Morgan fingerprint density at radius 2 is 1.79 bits per heavy atom. The van der Waals surface area contributed by atoms with Crippen molar-refractivity contribution in [3.63, 3.8) is 0 Å². The number of fused-ring (bicyclic) bond motifs is 1. The number of imidazole rings is 1. The van der Waals surface area contributed by atoms with Crippen LogP contribution in [0.25, 0.3) is 11.4 Å². The van der Waals surface area contributed by atoms with E-state index in [1.165, 1.54) is 0 Å². The largest absolute Gasteiger partial charge is 0.379 e. The molecule has 33 heavy (non-hydrogen) atoms. The lowest BCUT2D eigenvalue weighted by Gasteiger charge is -2.35. The minimum atomic E-state index is -1.26. The lowest BCUT2D eigenvalue weighted by atomic mass is 10.0. The molecule has 1 saturated heterocycles. The van der Waals surface area contributed by atoms with E-state index in [4.69, 9.17) is 4.74 Å². The van der Waals surface area contributed by atoms with Crippen LogP contribution < -0.4 is 5.32 Å². The highest BCUT2D eigenvalue weighted by atomic mass is 19.2. The Bertz CT molecular complexity index is 1030. The molecule has 3 heterocycles. The molecule has 7 nitrogen and oxygen atoms in total. The highest BCUT2D eigenvalue weighted by Gasteiger charge is 2.31. The Morgan fingerprint density at radius 1 is 1.09 bits per heavy atom. The first-order valence-corrected chi connectivity index (χ1v) is 11.2. The molecular weight excluding hydrogens is 435 g/mol. The molecule has 2 aliphatic heterocycles. The van der Waals surface area contributed by atoms with Gasteiger partial charge in [-0.2, -0.15) is 0 Å². The number of carbonyl (C=O) groups is 1. The van der Waals surface area contributed by atoms with Gasteiger partial charge >= 0.3 is 0 Å². The molecule has 1 fully saturated rings. The third-order valence-corrected chi connectivity index (χ3v) is 6.05. The molecule has 10 heteroatoms. The first-order chi connectivity index (χ1) is 15.6. The van der Waals surface area contributed by atoms with Gasteiger partial charge in [0, 0.05) is 44.3 Å². The summed E-state index contributed by atoms with van der Waals surface area (Å²) in [6.45, 7) is 9.15. The molecule has 0 bridgehead atoms. The summed E-state index contributed by atoms with van der Waals surface area (Å²) in [4.78, 5) is 22.1. The van der Waals surface area contributed by atoms with Crippen molar-refractivity contribution in [3.05, 3.63) is 41.0 Å². The first-order valence-electron chi connectivity index (χ1n) is 11.2. The molecule has 0 saturated carbocycles. The van der Waals surface area contributed by atoms with Crippen molar-refractivity contribution >= 4 is 5.91 Å². The summed E-state index contributed by atoms with van der Waals surface area (Å²) in [7, 11) is 1.94. The minimum absolute atomic E-state index is 0.132. The smallest absolute Gasteiger partial charge is 0.272 e. The van der Waals surface area contributed by atoms with Crippen molar-refractivity contribution in [1.82, 2.24) is 24.7 Å². The maximum atomic E-state index is 14.6. The van der Waals surface area contributed by atoms with Crippen molar-refractivity contribution in [2.24, 2.45) is 0 Å². The van der Waals surface area contributed by atoms with Gasteiger partial charge in [0.25, 0.3) is 5.91 Å². The summed E-state index contributed by atoms with van der Waals surface area (Å²) in [5.41, 5.74) is 0.104. The van der Waals surface area contributed by atoms with Crippen LogP contribution in [0.15, 0.2) is 12.1 Å². The third kappa shape index (κ3) is 5.23. The van der Waals surface area contributed by atoms with Gasteiger partial charge in [-0.1, -0.05) is 0 Å². The van der Waals surface area contributed by atoms with E-state index in [2.05, 4.69) is 20.1 Å². The summed E-state index contributed by atoms with van der Waals surface area (Å²) in [5.74, 6) is -3.58. The van der Waals surface area contributed by atoms with E-state index in [0.717, 1.165) is 32.1 Å². The van der Waals surface area contributed by atoms with Crippen LogP contribution in [0.1, 0.15) is 36.5 Å². The second kappa shape index (κ2) is 9.44. The average Bonchev–Trinajstić information content (AvgIpc) is 2.97. The number of ether oxygens (including phenoxy) is 1. The van der Waals surface area contributed by atoms with Crippen molar-refractivity contribution in [3.8, 4) is 11.4 Å². The molecule has 0 aliphatic carbocycles. The molecule has 4 rings (SSSR count). The third-order valence-electron chi connectivity index (χ3n) is 6.05. The fraction of sp³-hybridized carbons (Fsp3) is 0.565. The van der Waals surface area contributed by atoms with Crippen LogP contribution in [0, 0.1) is 17.5 Å². The lowest BCUT2D eigenvalue weighted by molar-refractivity contribution is 0.0268. The normalized spacial score (nSPS) is 18.1. The van der Waals surface area contributed by atoms with E-state index >= 15 is 0 Å². The SMILES string of the molecule is CN1CCCn2c(-c3cc(F)c(F)cc3F)nc(C(=O)NC(C)(C)CN3CCOCC3)c2C1. The summed E-state index contributed by atoms with van der Waals surface area (Å²) >= 11 is 0. The molecule has 0 atom stereocenters. The first kappa shape index (κ1) is 23.7. The highest BCUT2D eigenvalue weighted by Crippen LogP contribution is 2.29. The number of nitrogens with zero attached hydrogens (tertiary/aromatic N) is 4. The van der Waals surface area contributed by atoms with E-state index < -0.39 is 23.0 Å². The van der Waals surface area contributed by atoms with Gasteiger partial charge in [-0.3, -0.25) is 9.69 Å². The van der Waals surface area contributed by atoms with Gasteiger partial charge < -0.3 is 19.5 Å². The second-order valence-electron chi connectivity index (χ2n) is 9.45. The molecule has 1 aromatic heterocycles. The zero-order valence-electron chi connectivity index (χ0n) is 19.3. The van der Waals surface area contributed by atoms with Gasteiger partial charge in [0.2, 0.25) is 0 Å². The van der Waals surface area contributed by atoms with Gasteiger partial charge in [0.15, 0.2) is 17.3 Å². The molecule has 1 aromatic carbocycles. The monoisotopic (exact) mass is 465 g/mol. The molecular formula is C23H30F3N5O2. The molecule has 2 aromatic rings. The average molecular weight is 466 g/mol. The minimum Gasteiger partial charge on any atom is -0.379 e. The van der Waals surface area contributed by atoms with E-state index in [-0.39, 0.29) is 23.0 Å². The topological polar surface area (TPSA) is 62.6 Å². The highest BCUT2D eigenvalue weighted by molar-refractivity contribution is 5.94. The Balaban J connectivity index is 1.68. The Labute approximate surface area is 191 Å². The lowest BCUT2D eigenvalue weighted by Crippen LogP contribution is -2.53. The van der Waals surface area contributed by atoms with Gasteiger partial charge in [-0.15, -0.1) is 0 Å². The van der Waals surface area contributed by atoms with Crippen LogP contribution in [0.2, 0.25) is 0 Å². The molecule has 1 N–H and O–H groups in total. The molecule has 0 radical (unpaired) electrons. The predicted molar refractivity (Wildman–Crippen MR) is 117 cm³/mol. The van der Waals surface area contributed by atoms with Gasteiger partial charge in [0.1, 0.15) is 11.6 Å². The number of benzene rings is 1. The van der Waals surface area contributed by atoms with Crippen LogP contribution in [0.3, 0.4) is 0 Å². The maximum Gasteiger partial charge on any atom is 0.272 e. The number of hydrogen-bond donors (Lipinski definition) is 1. The van der Waals surface area contributed by atoms with Gasteiger partial charge in [-0.05, 0) is 39.9 Å². The number of nitrogens with one attached hydrogen (secondary N) is 1. The van der Waals surface area contributed by atoms with Crippen molar-refractivity contribution in [2.75, 3.05) is 46.4 Å². The van der Waals surface area contributed by atoms with Crippen LogP contribution in [-0.4, -0.2) is 77.2 Å². The van der Waals surface area contributed by atoms with Crippen LogP contribution >= 0.6 is 0 Å². The summed E-state index contributed by atoms with van der Waals surface area (Å²) in [6, 6.07) is 1.32. The second-order valence-corrected chi connectivity index (χ2v) is 9.45. The summed E-state index contributed by atoms with van der Waals surface area (Å²) in [6.07, 6.45) is 0.752. The van der Waals surface area contributed by atoms with E-state index in [9.17, 15) is 18.0 Å². The number of hydrogen-bond acceptors (Lipinski definition) is 5. The van der Waals surface area contributed by atoms with Crippen LogP contribution in [-0.2, 0) is 17.8 Å². The van der Waals surface area contributed by atoms with Crippen molar-refractivity contribution in [2.45, 2.75) is 38.9 Å². The van der Waals surface area contributed by atoms with E-state index in [1.807, 2.05) is 20.9 Å². The maximum absolute atomic E-state index is 14.6. The van der Waals surface area contributed by atoms with Crippen LogP contribution in [0.5, 0.6) is 0 Å². The zero-order valence-corrected chi connectivity index (χ0v) is 19.3. The fourth-order valence-corrected chi connectivity index (χ4v) is 4.53. The Hall–Kier alpha value is -2.43. The number of rotatable bonds is 5. The fourth-order valence-electron chi connectivity index (χ4n) is 4.53. The molecule has 1 amide bonds. The number of morpholine rings is 1. The van der Waals surface area contributed by atoms with Gasteiger partial charge in [-0.25, -0.2) is 18.2 Å². The number of aromatic nitrogens is 2. The van der Waals surface area contributed by atoms with Gasteiger partial charge in [0.05, 0.1) is 24.5 Å². The Kier molecular flexibility index (Phi) is 6.78.